The van der Waals surface area contributed by atoms with Crippen molar-refractivity contribution >= 4 is 11.7 Å². The zero-order chi connectivity index (χ0) is 16.2. The summed E-state index contributed by atoms with van der Waals surface area (Å²) in [6, 6.07) is 7.51. The molecule has 1 aliphatic rings. The van der Waals surface area contributed by atoms with Crippen molar-refractivity contribution in [3.8, 4) is 5.88 Å². The highest BCUT2D eigenvalue weighted by molar-refractivity contribution is 5.95. The van der Waals surface area contributed by atoms with Crippen molar-refractivity contribution in [1.29, 1.82) is 0 Å². The molecule has 0 saturated carbocycles. The van der Waals surface area contributed by atoms with Crippen molar-refractivity contribution in [1.82, 2.24) is 9.88 Å². The van der Waals surface area contributed by atoms with Crippen LogP contribution in [0, 0.1) is 6.92 Å². The summed E-state index contributed by atoms with van der Waals surface area (Å²) in [4.78, 5) is 21.0. The molecule has 1 aliphatic heterocycles. The number of anilines is 1. The topological polar surface area (TPSA) is 58.8 Å². The van der Waals surface area contributed by atoms with Crippen molar-refractivity contribution in [2.24, 2.45) is 0 Å². The Kier molecular flexibility index (Phi) is 4.50. The van der Waals surface area contributed by atoms with Crippen LogP contribution in [0.15, 0.2) is 34.9 Å². The molecular weight excluding hydrogens is 294 g/mol. The van der Waals surface area contributed by atoms with Gasteiger partial charge in [-0.15, -0.1) is 0 Å². The summed E-state index contributed by atoms with van der Waals surface area (Å²) in [6.45, 7) is 7.20. The molecule has 0 spiro atoms. The van der Waals surface area contributed by atoms with E-state index in [1.165, 1.54) is 0 Å². The van der Waals surface area contributed by atoms with Gasteiger partial charge in [0.1, 0.15) is 11.6 Å². The molecular formula is C17H21N3O3. The van der Waals surface area contributed by atoms with E-state index in [4.69, 9.17) is 9.15 Å². The van der Waals surface area contributed by atoms with E-state index >= 15 is 0 Å². The summed E-state index contributed by atoms with van der Waals surface area (Å²) < 4.78 is 10.7. The lowest BCUT2D eigenvalue weighted by Gasteiger charge is -2.35. The first-order chi connectivity index (χ1) is 11.2. The fourth-order valence-electron chi connectivity index (χ4n) is 2.72. The van der Waals surface area contributed by atoms with Gasteiger partial charge in [0.15, 0.2) is 0 Å². The summed E-state index contributed by atoms with van der Waals surface area (Å²) in [5.74, 6) is 2.23. The van der Waals surface area contributed by atoms with E-state index in [1.54, 1.807) is 12.3 Å². The van der Waals surface area contributed by atoms with Gasteiger partial charge < -0.3 is 19.0 Å². The molecule has 23 heavy (non-hydrogen) atoms. The Morgan fingerprint density at radius 1 is 1.26 bits per heavy atom. The van der Waals surface area contributed by atoms with Gasteiger partial charge in [-0.3, -0.25) is 4.79 Å². The van der Waals surface area contributed by atoms with Gasteiger partial charge in [-0.2, -0.15) is 4.98 Å². The second-order valence-corrected chi connectivity index (χ2v) is 5.44. The van der Waals surface area contributed by atoms with E-state index in [0.29, 0.717) is 36.9 Å². The third-order valence-electron chi connectivity index (χ3n) is 3.98. The number of hydrogen-bond acceptors (Lipinski definition) is 5. The molecule has 0 bridgehead atoms. The first kappa shape index (κ1) is 15.4. The number of ether oxygens (including phenoxy) is 1. The standard InChI is InChI=1S/C17H21N3O3/c1-3-22-16-6-4-5-15(18-16)19-8-10-20(11-9-19)17(21)14-7-12-23-13(14)2/h4-7,12H,3,8-11H2,1-2H3. The van der Waals surface area contributed by atoms with Crippen LogP contribution in [0.1, 0.15) is 23.0 Å². The van der Waals surface area contributed by atoms with Crippen LogP contribution in [0.2, 0.25) is 0 Å². The number of hydrogen-bond donors (Lipinski definition) is 0. The highest BCUT2D eigenvalue weighted by Gasteiger charge is 2.24. The number of rotatable bonds is 4. The van der Waals surface area contributed by atoms with Crippen LogP contribution in [-0.4, -0.2) is 48.6 Å². The van der Waals surface area contributed by atoms with Crippen molar-refractivity contribution < 1.29 is 13.9 Å². The van der Waals surface area contributed by atoms with Crippen molar-refractivity contribution in [3.05, 3.63) is 41.9 Å². The second kappa shape index (κ2) is 6.73. The van der Waals surface area contributed by atoms with E-state index in [1.807, 2.05) is 36.9 Å². The molecule has 6 nitrogen and oxygen atoms in total. The fraction of sp³-hybridized carbons (Fsp3) is 0.412. The number of nitrogens with zero attached hydrogens (tertiary/aromatic N) is 3. The molecule has 1 amide bonds. The molecule has 0 aromatic carbocycles. The summed E-state index contributed by atoms with van der Waals surface area (Å²) in [5.41, 5.74) is 0.648. The Bertz CT molecular complexity index is 675. The number of amides is 1. The SMILES string of the molecule is CCOc1cccc(N2CCN(C(=O)c3ccoc3C)CC2)n1. The molecule has 122 valence electrons. The van der Waals surface area contributed by atoms with Gasteiger partial charge in [-0.1, -0.05) is 6.07 Å². The molecule has 3 rings (SSSR count). The minimum absolute atomic E-state index is 0.0342. The summed E-state index contributed by atoms with van der Waals surface area (Å²) >= 11 is 0. The van der Waals surface area contributed by atoms with Gasteiger partial charge in [-0.05, 0) is 26.0 Å². The lowest BCUT2D eigenvalue weighted by molar-refractivity contribution is 0.0744. The molecule has 0 unspecified atom stereocenters. The maximum Gasteiger partial charge on any atom is 0.257 e. The monoisotopic (exact) mass is 315 g/mol. The maximum absolute atomic E-state index is 12.5. The largest absolute Gasteiger partial charge is 0.478 e. The molecule has 1 fully saturated rings. The minimum atomic E-state index is 0.0342. The molecule has 3 heterocycles. The van der Waals surface area contributed by atoms with Gasteiger partial charge in [0, 0.05) is 32.2 Å². The Morgan fingerprint density at radius 2 is 2.04 bits per heavy atom. The number of aromatic nitrogens is 1. The normalized spacial score (nSPS) is 14.9. The van der Waals surface area contributed by atoms with Gasteiger partial charge in [0.2, 0.25) is 5.88 Å². The number of carbonyl (C=O) groups excluding carboxylic acids is 1. The third kappa shape index (κ3) is 3.31. The first-order valence-electron chi connectivity index (χ1n) is 7.87. The first-order valence-corrected chi connectivity index (χ1v) is 7.87. The van der Waals surface area contributed by atoms with Crippen LogP contribution in [0.5, 0.6) is 5.88 Å². The molecule has 0 aliphatic carbocycles. The van der Waals surface area contributed by atoms with Gasteiger partial charge in [0.25, 0.3) is 5.91 Å². The van der Waals surface area contributed by atoms with Gasteiger partial charge >= 0.3 is 0 Å². The zero-order valence-electron chi connectivity index (χ0n) is 13.5. The number of carbonyl (C=O) groups is 1. The lowest BCUT2D eigenvalue weighted by atomic mass is 10.2. The Hall–Kier alpha value is -2.50. The number of furan rings is 1. The zero-order valence-corrected chi connectivity index (χ0v) is 13.5. The fourth-order valence-corrected chi connectivity index (χ4v) is 2.72. The van der Waals surface area contributed by atoms with E-state index < -0.39 is 0 Å². The van der Waals surface area contributed by atoms with E-state index in [9.17, 15) is 4.79 Å². The van der Waals surface area contributed by atoms with E-state index in [0.717, 1.165) is 18.9 Å². The van der Waals surface area contributed by atoms with E-state index in [-0.39, 0.29) is 5.91 Å². The average Bonchev–Trinajstić information content (AvgIpc) is 3.01. The molecule has 1 saturated heterocycles. The lowest BCUT2D eigenvalue weighted by Crippen LogP contribution is -2.49. The average molecular weight is 315 g/mol. The predicted molar refractivity (Wildman–Crippen MR) is 87.0 cm³/mol. The third-order valence-corrected chi connectivity index (χ3v) is 3.98. The highest BCUT2D eigenvalue weighted by atomic mass is 16.5. The Morgan fingerprint density at radius 3 is 2.70 bits per heavy atom. The number of aryl methyl sites for hydroxylation is 1. The minimum Gasteiger partial charge on any atom is -0.478 e. The van der Waals surface area contributed by atoms with Crippen LogP contribution in [0.3, 0.4) is 0 Å². The van der Waals surface area contributed by atoms with Crippen LogP contribution in [0.4, 0.5) is 5.82 Å². The Labute approximate surface area is 135 Å². The molecule has 6 heteroatoms. The van der Waals surface area contributed by atoms with Crippen LogP contribution in [-0.2, 0) is 0 Å². The van der Waals surface area contributed by atoms with Crippen LogP contribution < -0.4 is 9.64 Å². The molecule has 0 atom stereocenters. The van der Waals surface area contributed by atoms with Crippen LogP contribution in [0.25, 0.3) is 0 Å². The molecule has 0 N–H and O–H groups in total. The molecule has 0 radical (unpaired) electrons. The van der Waals surface area contributed by atoms with Crippen molar-refractivity contribution in [2.45, 2.75) is 13.8 Å². The predicted octanol–water partition coefficient (Wildman–Crippen LogP) is 2.34. The van der Waals surface area contributed by atoms with Crippen molar-refractivity contribution in [2.75, 3.05) is 37.7 Å². The smallest absolute Gasteiger partial charge is 0.257 e. The quantitative estimate of drug-likeness (QED) is 0.867. The summed E-state index contributed by atoms with van der Waals surface area (Å²) in [7, 11) is 0. The molecule has 2 aromatic heterocycles. The molecule has 2 aromatic rings. The maximum atomic E-state index is 12.5. The van der Waals surface area contributed by atoms with Crippen molar-refractivity contribution in [3.63, 3.8) is 0 Å². The second-order valence-electron chi connectivity index (χ2n) is 5.44. The van der Waals surface area contributed by atoms with Crippen LogP contribution >= 0.6 is 0 Å². The van der Waals surface area contributed by atoms with Gasteiger partial charge in [0.05, 0.1) is 18.4 Å². The number of piperazine rings is 1. The van der Waals surface area contributed by atoms with Gasteiger partial charge in [-0.25, -0.2) is 0 Å². The highest BCUT2D eigenvalue weighted by Crippen LogP contribution is 2.19. The van der Waals surface area contributed by atoms with E-state index in [2.05, 4.69) is 9.88 Å². The Balaban J connectivity index is 1.63. The number of pyridine rings is 1. The summed E-state index contributed by atoms with van der Waals surface area (Å²) in [6.07, 6.45) is 1.56. The summed E-state index contributed by atoms with van der Waals surface area (Å²) in [5, 5.41) is 0.